The Morgan fingerprint density at radius 1 is 0.538 bits per heavy atom. The number of rotatable bonds is 13. The Morgan fingerprint density at radius 3 is 1.72 bits per heavy atom. The minimum Gasteiger partial charge on any atom is -0.387 e. The second-order valence-corrected chi connectivity index (χ2v) is 9.67. The van der Waals surface area contributed by atoms with Crippen LogP contribution in [-0.2, 0) is 52.1 Å². The molecule has 230 valence electrons. The van der Waals surface area contributed by atoms with Gasteiger partial charge in [-0.2, -0.15) is 0 Å². The van der Waals surface area contributed by atoms with E-state index in [1.165, 1.54) is 42.7 Å². The van der Waals surface area contributed by atoms with Crippen LogP contribution in [0.3, 0.4) is 0 Å². The zero-order chi connectivity index (χ0) is 28.7. The normalized spacial score (nSPS) is 45.4. The lowest BCUT2D eigenvalue weighted by molar-refractivity contribution is -0.366. The van der Waals surface area contributed by atoms with Crippen molar-refractivity contribution in [3.05, 3.63) is 0 Å². The molecule has 14 atom stereocenters. The van der Waals surface area contributed by atoms with E-state index in [0.29, 0.717) is 0 Å². The second kappa shape index (κ2) is 15.6. The fourth-order valence-electron chi connectivity index (χ4n) is 5.15. The molecule has 0 aromatic carbocycles. The predicted octanol–water partition coefficient (Wildman–Crippen LogP) is -2.62. The van der Waals surface area contributed by atoms with Gasteiger partial charge in [-0.05, 0) is 0 Å². The first kappa shape index (κ1) is 32.9. The van der Waals surface area contributed by atoms with Crippen LogP contribution in [-0.4, -0.2) is 169 Å². The highest BCUT2D eigenvalue weighted by Gasteiger charge is 2.51. The molecule has 15 nitrogen and oxygen atoms in total. The van der Waals surface area contributed by atoms with E-state index in [4.69, 9.17) is 52.1 Å². The molecule has 0 bridgehead atoms. The SMILES string of the molecule is COCC1OC(OC2C(COC)OC(O)C(OC)C2O)C(OC)CC1OC1OC(COC)C(O)C(O)C1OC. The van der Waals surface area contributed by atoms with Gasteiger partial charge < -0.3 is 72.5 Å². The minimum atomic E-state index is -1.38. The van der Waals surface area contributed by atoms with Gasteiger partial charge in [0.05, 0.1) is 25.9 Å². The van der Waals surface area contributed by atoms with E-state index in [1.54, 1.807) is 0 Å². The maximum absolute atomic E-state index is 10.9. The summed E-state index contributed by atoms with van der Waals surface area (Å²) in [6.45, 7) is 0.156. The summed E-state index contributed by atoms with van der Waals surface area (Å²) < 4.78 is 62.0. The summed E-state index contributed by atoms with van der Waals surface area (Å²) in [5.41, 5.74) is 0. The Bertz CT molecular complexity index is 698. The molecule has 0 spiro atoms. The largest absolute Gasteiger partial charge is 0.387 e. The van der Waals surface area contributed by atoms with Gasteiger partial charge in [0.1, 0.15) is 61.0 Å². The third kappa shape index (κ3) is 7.63. The average Bonchev–Trinajstić information content (AvgIpc) is 2.91. The van der Waals surface area contributed by atoms with E-state index in [1.807, 2.05) is 0 Å². The van der Waals surface area contributed by atoms with Crippen LogP contribution in [0, 0.1) is 0 Å². The van der Waals surface area contributed by atoms with E-state index < -0.39 is 86.0 Å². The number of aliphatic hydroxyl groups is 4. The Kier molecular flexibility index (Phi) is 13.1. The van der Waals surface area contributed by atoms with Crippen LogP contribution >= 0.6 is 0 Å². The van der Waals surface area contributed by atoms with Gasteiger partial charge in [-0.15, -0.1) is 0 Å². The van der Waals surface area contributed by atoms with Crippen LogP contribution in [0.1, 0.15) is 6.42 Å². The summed E-state index contributed by atoms with van der Waals surface area (Å²) in [5.74, 6) is 0. The third-order valence-corrected chi connectivity index (χ3v) is 7.21. The molecule has 3 aliphatic rings. The van der Waals surface area contributed by atoms with Crippen molar-refractivity contribution >= 4 is 0 Å². The molecule has 3 saturated heterocycles. The van der Waals surface area contributed by atoms with Gasteiger partial charge in [0.2, 0.25) is 0 Å². The van der Waals surface area contributed by atoms with Crippen molar-refractivity contribution in [1.29, 1.82) is 0 Å². The highest BCUT2D eigenvalue weighted by molar-refractivity contribution is 4.94. The van der Waals surface area contributed by atoms with Crippen LogP contribution in [0.15, 0.2) is 0 Å². The lowest BCUT2D eigenvalue weighted by Crippen LogP contribution is -2.64. The zero-order valence-corrected chi connectivity index (χ0v) is 23.2. The summed E-state index contributed by atoms with van der Waals surface area (Å²) in [6, 6.07) is 0. The number of hydrogen-bond donors (Lipinski definition) is 4. The topological polar surface area (TPSA) is 182 Å². The first-order valence-electron chi connectivity index (χ1n) is 12.8. The fraction of sp³-hybridized carbons (Fsp3) is 1.00. The van der Waals surface area contributed by atoms with Crippen molar-refractivity contribution in [2.45, 2.75) is 92.4 Å². The highest BCUT2D eigenvalue weighted by Crippen LogP contribution is 2.34. The maximum atomic E-state index is 10.9. The quantitative estimate of drug-likeness (QED) is 0.180. The van der Waals surface area contributed by atoms with Gasteiger partial charge in [-0.1, -0.05) is 0 Å². The van der Waals surface area contributed by atoms with Crippen LogP contribution in [0.4, 0.5) is 0 Å². The van der Waals surface area contributed by atoms with E-state index >= 15 is 0 Å². The van der Waals surface area contributed by atoms with Gasteiger partial charge in [0.25, 0.3) is 0 Å². The van der Waals surface area contributed by atoms with Crippen molar-refractivity contribution in [3.63, 3.8) is 0 Å². The Morgan fingerprint density at radius 2 is 1.13 bits per heavy atom. The van der Waals surface area contributed by atoms with Crippen molar-refractivity contribution in [3.8, 4) is 0 Å². The number of aliphatic hydroxyl groups excluding tert-OH is 4. The smallest absolute Gasteiger partial charge is 0.187 e. The van der Waals surface area contributed by atoms with E-state index in [9.17, 15) is 20.4 Å². The molecule has 0 radical (unpaired) electrons. The number of methoxy groups -OCH3 is 6. The Balaban J connectivity index is 1.77. The maximum Gasteiger partial charge on any atom is 0.187 e. The van der Waals surface area contributed by atoms with Gasteiger partial charge in [-0.25, -0.2) is 0 Å². The molecule has 0 saturated carbocycles. The molecule has 3 fully saturated rings. The predicted molar refractivity (Wildman–Crippen MR) is 129 cm³/mol. The van der Waals surface area contributed by atoms with Crippen molar-refractivity contribution in [2.24, 2.45) is 0 Å². The molecule has 15 heteroatoms. The molecule has 0 amide bonds. The van der Waals surface area contributed by atoms with Gasteiger partial charge in [-0.3, -0.25) is 0 Å². The first-order chi connectivity index (χ1) is 18.7. The lowest BCUT2D eigenvalue weighted by atomic mass is 9.97. The highest BCUT2D eigenvalue weighted by atomic mass is 16.8. The van der Waals surface area contributed by atoms with Gasteiger partial charge in [0.15, 0.2) is 18.9 Å². The molecule has 14 unspecified atom stereocenters. The van der Waals surface area contributed by atoms with Crippen molar-refractivity contribution in [1.82, 2.24) is 0 Å². The molecule has 0 aliphatic carbocycles. The Labute approximate surface area is 228 Å². The standard InChI is InChI=1S/C24H44O15/c1-29-8-13-11(36-24-21(34-6)17(26)16(25)14(38-24)9-30-2)7-12(32-4)23(37-13)39-19-15(10-31-3)35-22(28)20(33-5)18(19)27/h11-28H,7-10H2,1-6H3. The molecule has 3 rings (SSSR count). The first-order valence-corrected chi connectivity index (χ1v) is 12.8. The zero-order valence-electron chi connectivity index (χ0n) is 23.2. The lowest BCUT2D eigenvalue weighted by Gasteiger charge is -2.47. The van der Waals surface area contributed by atoms with Crippen LogP contribution < -0.4 is 0 Å². The summed E-state index contributed by atoms with van der Waals surface area (Å²) in [6.07, 6.45) is -13.8. The van der Waals surface area contributed by atoms with Gasteiger partial charge >= 0.3 is 0 Å². The molecule has 3 heterocycles. The molecular weight excluding hydrogens is 528 g/mol. The summed E-state index contributed by atoms with van der Waals surface area (Å²) >= 11 is 0. The minimum absolute atomic E-state index is 0.0272. The molecule has 3 aliphatic heterocycles. The van der Waals surface area contributed by atoms with Crippen LogP contribution in [0.2, 0.25) is 0 Å². The number of hydrogen-bond acceptors (Lipinski definition) is 15. The van der Waals surface area contributed by atoms with Crippen molar-refractivity contribution in [2.75, 3.05) is 62.5 Å². The molecule has 4 N–H and O–H groups in total. The summed E-state index contributed by atoms with van der Waals surface area (Å²) in [7, 11) is 8.61. The summed E-state index contributed by atoms with van der Waals surface area (Å²) in [5, 5.41) is 42.2. The van der Waals surface area contributed by atoms with E-state index in [0.717, 1.165) is 0 Å². The molecule has 0 aromatic heterocycles. The monoisotopic (exact) mass is 572 g/mol. The van der Waals surface area contributed by atoms with Crippen molar-refractivity contribution < 1.29 is 72.5 Å². The average molecular weight is 573 g/mol. The molecular formula is C24H44O15. The third-order valence-electron chi connectivity index (χ3n) is 7.21. The van der Waals surface area contributed by atoms with E-state index in [-0.39, 0.29) is 26.2 Å². The molecule has 0 aromatic rings. The van der Waals surface area contributed by atoms with E-state index in [2.05, 4.69) is 0 Å². The van der Waals surface area contributed by atoms with Crippen LogP contribution in [0.25, 0.3) is 0 Å². The fourth-order valence-corrected chi connectivity index (χ4v) is 5.15. The summed E-state index contributed by atoms with van der Waals surface area (Å²) in [4.78, 5) is 0. The molecule has 39 heavy (non-hydrogen) atoms. The van der Waals surface area contributed by atoms with Crippen LogP contribution in [0.5, 0.6) is 0 Å². The number of ether oxygens (including phenoxy) is 11. The second-order valence-electron chi connectivity index (χ2n) is 9.67. The van der Waals surface area contributed by atoms with Gasteiger partial charge in [0, 0.05) is 49.1 Å². The Hall–Kier alpha value is -0.600.